The number of halogens is 1. The lowest BCUT2D eigenvalue weighted by Crippen LogP contribution is -2.13. The maximum absolute atomic E-state index is 12.3. The van der Waals surface area contributed by atoms with Gasteiger partial charge in [0.2, 0.25) is 0 Å². The molecule has 0 bridgehead atoms. The molecule has 0 aliphatic rings. The molecule has 3 aromatic rings. The summed E-state index contributed by atoms with van der Waals surface area (Å²) >= 11 is 7.35. The number of rotatable bonds is 2. The SMILES string of the molecule is COc1ccc2c(c1)sc(=NC(=O)c1cccc(Cl)c1)n2C. The Balaban J connectivity index is 2.09. The highest BCUT2D eigenvalue weighted by Crippen LogP contribution is 2.22. The third kappa shape index (κ3) is 2.77. The van der Waals surface area contributed by atoms with Gasteiger partial charge in [0.05, 0.1) is 17.3 Å². The first-order chi connectivity index (χ1) is 10.6. The number of amides is 1. The van der Waals surface area contributed by atoms with Crippen LogP contribution >= 0.6 is 22.9 Å². The lowest BCUT2D eigenvalue weighted by Gasteiger charge is -1.99. The van der Waals surface area contributed by atoms with Gasteiger partial charge in [-0.05, 0) is 36.4 Å². The van der Waals surface area contributed by atoms with Gasteiger partial charge in [0.25, 0.3) is 5.91 Å². The van der Waals surface area contributed by atoms with Gasteiger partial charge in [-0.1, -0.05) is 29.0 Å². The van der Waals surface area contributed by atoms with Crippen LogP contribution in [0.25, 0.3) is 10.2 Å². The molecule has 0 aliphatic carbocycles. The molecule has 4 nitrogen and oxygen atoms in total. The van der Waals surface area contributed by atoms with Crippen molar-refractivity contribution in [2.24, 2.45) is 12.0 Å². The van der Waals surface area contributed by atoms with E-state index in [9.17, 15) is 4.79 Å². The minimum Gasteiger partial charge on any atom is -0.497 e. The van der Waals surface area contributed by atoms with Crippen molar-refractivity contribution in [3.63, 3.8) is 0 Å². The first kappa shape index (κ1) is 14.8. The molecule has 0 aliphatic heterocycles. The molecule has 6 heteroatoms. The van der Waals surface area contributed by atoms with Gasteiger partial charge >= 0.3 is 0 Å². The van der Waals surface area contributed by atoms with Crippen molar-refractivity contribution in [2.75, 3.05) is 7.11 Å². The summed E-state index contributed by atoms with van der Waals surface area (Å²) in [7, 11) is 3.51. The number of carbonyl (C=O) groups is 1. The number of benzene rings is 2. The van der Waals surface area contributed by atoms with Gasteiger partial charge in [0.15, 0.2) is 4.80 Å². The number of hydrogen-bond donors (Lipinski definition) is 0. The number of hydrogen-bond acceptors (Lipinski definition) is 3. The summed E-state index contributed by atoms with van der Waals surface area (Å²) in [5, 5.41) is 0.520. The van der Waals surface area contributed by atoms with Crippen molar-refractivity contribution in [3.05, 3.63) is 57.9 Å². The molecule has 1 aromatic heterocycles. The number of aromatic nitrogens is 1. The number of thiazole rings is 1. The first-order valence-corrected chi connectivity index (χ1v) is 7.76. The van der Waals surface area contributed by atoms with E-state index in [0.717, 1.165) is 16.0 Å². The van der Waals surface area contributed by atoms with E-state index in [1.807, 2.05) is 29.8 Å². The molecule has 0 saturated heterocycles. The number of ether oxygens (including phenoxy) is 1. The molecule has 0 N–H and O–H groups in total. The minimum absolute atomic E-state index is 0.309. The molecular formula is C16H13ClN2O2S. The molecule has 3 rings (SSSR count). The zero-order valence-corrected chi connectivity index (χ0v) is 13.6. The van der Waals surface area contributed by atoms with Crippen LogP contribution in [0.1, 0.15) is 10.4 Å². The number of carbonyl (C=O) groups excluding carboxylic acids is 1. The van der Waals surface area contributed by atoms with E-state index >= 15 is 0 Å². The fourth-order valence-corrected chi connectivity index (χ4v) is 3.36. The molecule has 112 valence electrons. The van der Waals surface area contributed by atoms with E-state index in [1.54, 1.807) is 31.4 Å². The Morgan fingerprint density at radius 2 is 2.09 bits per heavy atom. The highest BCUT2D eigenvalue weighted by molar-refractivity contribution is 7.16. The van der Waals surface area contributed by atoms with Gasteiger partial charge in [0.1, 0.15) is 5.75 Å². The van der Waals surface area contributed by atoms with Crippen LogP contribution in [0.5, 0.6) is 5.75 Å². The van der Waals surface area contributed by atoms with Crippen LogP contribution in [-0.2, 0) is 7.05 Å². The molecule has 0 radical (unpaired) electrons. The number of methoxy groups -OCH3 is 1. The summed E-state index contributed by atoms with van der Waals surface area (Å²) in [6, 6.07) is 12.6. The lowest BCUT2D eigenvalue weighted by atomic mass is 10.2. The molecule has 0 saturated carbocycles. The predicted octanol–water partition coefficient (Wildman–Crippen LogP) is 3.64. The van der Waals surface area contributed by atoms with Gasteiger partial charge in [-0.2, -0.15) is 4.99 Å². The zero-order chi connectivity index (χ0) is 15.7. The maximum atomic E-state index is 12.3. The van der Waals surface area contributed by atoms with E-state index in [2.05, 4.69) is 4.99 Å². The second-order valence-electron chi connectivity index (χ2n) is 4.70. The van der Waals surface area contributed by atoms with Gasteiger partial charge < -0.3 is 9.30 Å². The van der Waals surface area contributed by atoms with Crippen molar-refractivity contribution in [1.29, 1.82) is 0 Å². The maximum Gasteiger partial charge on any atom is 0.279 e. The Morgan fingerprint density at radius 3 is 2.82 bits per heavy atom. The van der Waals surface area contributed by atoms with Crippen LogP contribution in [0.2, 0.25) is 5.02 Å². The molecule has 0 atom stereocenters. The third-order valence-electron chi connectivity index (χ3n) is 3.29. The quantitative estimate of drug-likeness (QED) is 0.719. The zero-order valence-electron chi connectivity index (χ0n) is 12.0. The average molecular weight is 333 g/mol. The van der Waals surface area contributed by atoms with E-state index in [0.29, 0.717) is 15.4 Å². The van der Waals surface area contributed by atoms with Crippen molar-refractivity contribution < 1.29 is 9.53 Å². The van der Waals surface area contributed by atoms with Crippen LogP contribution in [0, 0.1) is 0 Å². The lowest BCUT2D eigenvalue weighted by molar-refractivity contribution is 0.0998. The van der Waals surface area contributed by atoms with Crippen molar-refractivity contribution in [3.8, 4) is 5.75 Å². The van der Waals surface area contributed by atoms with Gasteiger partial charge in [-0.3, -0.25) is 4.79 Å². The van der Waals surface area contributed by atoms with E-state index in [-0.39, 0.29) is 5.91 Å². The second-order valence-corrected chi connectivity index (χ2v) is 6.15. The van der Waals surface area contributed by atoms with Crippen molar-refractivity contribution in [1.82, 2.24) is 4.57 Å². The Labute approximate surface area is 136 Å². The number of nitrogens with zero attached hydrogens (tertiary/aromatic N) is 2. The molecule has 0 unspecified atom stereocenters. The number of fused-ring (bicyclic) bond motifs is 1. The normalized spacial score (nSPS) is 11.9. The van der Waals surface area contributed by atoms with Crippen LogP contribution in [0.4, 0.5) is 0 Å². The molecule has 0 spiro atoms. The summed E-state index contributed by atoms with van der Waals surface area (Å²) in [4.78, 5) is 17.1. The minimum atomic E-state index is -0.309. The topological polar surface area (TPSA) is 43.6 Å². The molecule has 22 heavy (non-hydrogen) atoms. The van der Waals surface area contributed by atoms with Crippen LogP contribution < -0.4 is 9.54 Å². The van der Waals surface area contributed by atoms with Crippen LogP contribution in [0.15, 0.2) is 47.5 Å². The van der Waals surface area contributed by atoms with Crippen molar-refractivity contribution in [2.45, 2.75) is 0 Å². The van der Waals surface area contributed by atoms with E-state index in [1.165, 1.54) is 11.3 Å². The second kappa shape index (κ2) is 5.94. The highest BCUT2D eigenvalue weighted by atomic mass is 35.5. The Morgan fingerprint density at radius 1 is 1.27 bits per heavy atom. The fraction of sp³-hybridized carbons (Fsp3) is 0.125. The molecular weight excluding hydrogens is 320 g/mol. The van der Waals surface area contributed by atoms with Gasteiger partial charge in [-0.15, -0.1) is 0 Å². The third-order valence-corrected chi connectivity index (χ3v) is 4.61. The molecule has 0 fully saturated rings. The summed E-state index contributed by atoms with van der Waals surface area (Å²) in [5.74, 6) is 0.471. The summed E-state index contributed by atoms with van der Waals surface area (Å²) < 4.78 is 8.12. The van der Waals surface area contributed by atoms with E-state index < -0.39 is 0 Å². The summed E-state index contributed by atoms with van der Waals surface area (Å²) in [6.07, 6.45) is 0. The monoisotopic (exact) mass is 332 g/mol. The average Bonchev–Trinajstić information content (AvgIpc) is 2.82. The standard InChI is InChI=1S/C16H13ClN2O2S/c1-19-13-7-6-12(21-2)9-14(13)22-16(19)18-15(20)10-4-3-5-11(17)8-10/h3-9H,1-2H3. The fourth-order valence-electron chi connectivity index (χ4n) is 2.12. The molecule has 1 heterocycles. The Bertz CT molecular complexity index is 927. The van der Waals surface area contributed by atoms with E-state index in [4.69, 9.17) is 16.3 Å². The Hall–Kier alpha value is -2.11. The van der Waals surface area contributed by atoms with Gasteiger partial charge in [0, 0.05) is 17.6 Å². The Kier molecular flexibility index (Phi) is 4.00. The van der Waals surface area contributed by atoms with Gasteiger partial charge in [-0.25, -0.2) is 0 Å². The smallest absolute Gasteiger partial charge is 0.279 e. The molecule has 2 aromatic carbocycles. The first-order valence-electron chi connectivity index (χ1n) is 6.56. The van der Waals surface area contributed by atoms with Crippen LogP contribution in [0.3, 0.4) is 0 Å². The number of aryl methyl sites for hydroxylation is 1. The van der Waals surface area contributed by atoms with Crippen molar-refractivity contribution >= 4 is 39.1 Å². The van der Waals surface area contributed by atoms with Crippen LogP contribution in [-0.4, -0.2) is 17.6 Å². The largest absolute Gasteiger partial charge is 0.497 e. The summed E-state index contributed by atoms with van der Waals surface area (Å²) in [6.45, 7) is 0. The highest BCUT2D eigenvalue weighted by Gasteiger charge is 2.08. The molecule has 1 amide bonds. The summed E-state index contributed by atoms with van der Waals surface area (Å²) in [5.41, 5.74) is 1.48. The predicted molar refractivity (Wildman–Crippen MR) is 88.7 cm³/mol.